The molecular weight excluding hydrogens is 184 g/mol. The van der Waals surface area contributed by atoms with Crippen molar-refractivity contribution in [3.63, 3.8) is 0 Å². The van der Waals surface area contributed by atoms with Gasteiger partial charge in [0.1, 0.15) is 0 Å². The summed E-state index contributed by atoms with van der Waals surface area (Å²) in [5.74, 6) is 0. The number of hydrogen-bond acceptors (Lipinski definition) is 1. The maximum atomic E-state index is 12.1. The fourth-order valence-corrected chi connectivity index (χ4v) is 1.21. The molecular formula is C11H13F2N. The molecule has 1 aromatic carbocycles. The number of alkyl halides is 2. The summed E-state index contributed by atoms with van der Waals surface area (Å²) in [7, 11) is 0. The Hall–Kier alpha value is -1.22. The number of benzene rings is 1. The number of rotatable bonds is 4. The Kier molecular flexibility index (Phi) is 4.26. The molecule has 0 aliphatic carbocycles. The lowest BCUT2D eigenvalue weighted by atomic mass is 10.1. The third kappa shape index (κ3) is 3.66. The normalized spacial score (nSPS) is 11.4. The maximum Gasteiger partial charge on any atom is 0.242 e. The summed E-state index contributed by atoms with van der Waals surface area (Å²) < 4.78 is 24.1. The van der Waals surface area contributed by atoms with Gasteiger partial charge in [0.25, 0.3) is 0 Å². The Morgan fingerprint density at radius 3 is 2.79 bits per heavy atom. The van der Waals surface area contributed by atoms with E-state index in [1.54, 1.807) is 24.3 Å². The summed E-state index contributed by atoms with van der Waals surface area (Å²) in [5.41, 5.74) is 6.85. The van der Waals surface area contributed by atoms with E-state index >= 15 is 0 Å². The lowest BCUT2D eigenvalue weighted by Crippen LogP contribution is -1.96. The highest BCUT2D eigenvalue weighted by Crippen LogP contribution is 2.11. The molecule has 0 saturated heterocycles. The standard InChI is InChI=1S/C11H13F2N/c12-11(13)8-10-4-1-3-9(7-10)5-2-6-14/h1-5,7,11H,6,8,14H2/b5-2+. The van der Waals surface area contributed by atoms with Gasteiger partial charge in [-0.1, -0.05) is 36.4 Å². The van der Waals surface area contributed by atoms with Crippen molar-refractivity contribution in [3.05, 3.63) is 41.5 Å². The van der Waals surface area contributed by atoms with Crippen LogP contribution < -0.4 is 5.73 Å². The molecule has 3 heteroatoms. The summed E-state index contributed by atoms with van der Waals surface area (Å²) in [6.07, 6.45) is 1.14. The predicted molar refractivity (Wildman–Crippen MR) is 54.2 cm³/mol. The number of nitrogens with two attached hydrogens (primary N) is 1. The fourth-order valence-electron chi connectivity index (χ4n) is 1.21. The number of halogens is 2. The summed E-state index contributed by atoms with van der Waals surface area (Å²) in [5, 5.41) is 0. The Morgan fingerprint density at radius 2 is 2.14 bits per heavy atom. The summed E-state index contributed by atoms with van der Waals surface area (Å²) in [4.78, 5) is 0. The molecule has 0 bridgehead atoms. The largest absolute Gasteiger partial charge is 0.327 e. The molecule has 0 fully saturated rings. The lowest BCUT2D eigenvalue weighted by Gasteiger charge is -2.01. The second-order valence-electron chi connectivity index (χ2n) is 2.98. The van der Waals surface area contributed by atoms with Gasteiger partial charge < -0.3 is 5.73 Å². The molecule has 0 aromatic heterocycles. The Labute approximate surface area is 82.2 Å². The van der Waals surface area contributed by atoms with Gasteiger partial charge in [0.05, 0.1) is 0 Å². The molecule has 0 spiro atoms. The van der Waals surface area contributed by atoms with Crippen LogP contribution in [0.2, 0.25) is 0 Å². The van der Waals surface area contributed by atoms with Crippen LogP contribution in [0.3, 0.4) is 0 Å². The van der Waals surface area contributed by atoms with E-state index in [1.165, 1.54) is 0 Å². The van der Waals surface area contributed by atoms with Gasteiger partial charge in [0.15, 0.2) is 0 Å². The third-order valence-corrected chi connectivity index (χ3v) is 1.79. The molecule has 0 saturated carbocycles. The highest BCUT2D eigenvalue weighted by Gasteiger charge is 2.03. The average Bonchev–Trinajstić information content (AvgIpc) is 2.14. The van der Waals surface area contributed by atoms with Crippen molar-refractivity contribution in [2.45, 2.75) is 12.8 Å². The molecule has 1 aromatic rings. The van der Waals surface area contributed by atoms with E-state index in [9.17, 15) is 8.78 Å². The molecule has 76 valence electrons. The van der Waals surface area contributed by atoms with E-state index in [2.05, 4.69) is 0 Å². The van der Waals surface area contributed by atoms with Crippen molar-refractivity contribution in [1.82, 2.24) is 0 Å². The van der Waals surface area contributed by atoms with Gasteiger partial charge in [0, 0.05) is 13.0 Å². The molecule has 14 heavy (non-hydrogen) atoms. The van der Waals surface area contributed by atoms with Crippen molar-refractivity contribution in [2.75, 3.05) is 6.54 Å². The van der Waals surface area contributed by atoms with Gasteiger partial charge in [0.2, 0.25) is 6.43 Å². The Morgan fingerprint density at radius 1 is 1.36 bits per heavy atom. The first kappa shape index (κ1) is 10.9. The van der Waals surface area contributed by atoms with E-state index in [1.807, 2.05) is 12.1 Å². The third-order valence-electron chi connectivity index (χ3n) is 1.79. The van der Waals surface area contributed by atoms with Crippen LogP contribution in [-0.4, -0.2) is 13.0 Å². The van der Waals surface area contributed by atoms with Crippen LogP contribution in [0.1, 0.15) is 11.1 Å². The van der Waals surface area contributed by atoms with Crippen molar-refractivity contribution in [1.29, 1.82) is 0 Å². The Balaban J connectivity index is 2.73. The first-order valence-corrected chi connectivity index (χ1v) is 4.46. The van der Waals surface area contributed by atoms with Gasteiger partial charge in [-0.25, -0.2) is 8.78 Å². The monoisotopic (exact) mass is 197 g/mol. The van der Waals surface area contributed by atoms with E-state index in [0.29, 0.717) is 12.1 Å². The lowest BCUT2D eigenvalue weighted by molar-refractivity contribution is 0.149. The summed E-state index contributed by atoms with van der Waals surface area (Å²) in [6.45, 7) is 0.457. The van der Waals surface area contributed by atoms with Crippen LogP contribution in [0.15, 0.2) is 30.3 Å². The molecule has 0 heterocycles. The minimum Gasteiger partial charge on any atom is -0.327 e. The van der Waals surface area contributed by atoms with Crippen LogP contribution in [0.25, 0.3) is 6.08 Å². The van der Waals surface area contributed by atoms with Crippen LogP contribution in [0.5, 0.6) is 0 Å². The molecule has 1 nitrogen and oxygen atoms in total. The van der Waals surface area contributed by atoms with E-state index in [0.717, 1.165) is 5.56 Å². The number of hydrogen-bond donors (Lipinski definition) is 1. The van der Waals surface area contributed by atoms with Gasteiger partial charge in [-0.3, -0.25) is 0 Å². The summed E-state index contributed by atoms with van der Waals surface area (Å²) in [6, 6.07) is 7.08. The fraction of sp³-hybridized carbons (Fsp3) is 0.273. The zero-order valence-electron chi connectivity index (χ0n) is 7.79. The minimum atomic E-state index is -2.29. The van der Waals surface area contributed by atoms with Gasteiger partial charge >= 0.3 is 0 Å². The average molecular weight is 197 g/mol. The maximum absolute atomic E-state index is 12.1. The first-order chi connectivity index (χ1) is 6.72. The topological polar surface area (TPSA) is 26.0 Å². The van der Waals surface area contributed by atoms with Crippen LogP contribution in [0, 0.1) is 0 Å². The van der Waals surface area contributed by atoms with Gasteiger partial charge in [-0.05, 0) is 11.1 Å². The highest BCUT2D eigenvalue weighted by molar-refractivity contribution is 5.50. The summed E-state index contributed by atoms with van der Waals surface area (Å²) >= 11 is 0. The zero-order chi connectivity index (χ0) is 10.4. The molecule has 0 radical (unpaired) electrons. The van der Waals surface area contributed by atoms with Gasteiger partial charge in [-0.2, -0.15) is 0 Å². The van der Waals surface area contributed by atoms with E-state index in [-0.39, 0.29) is 6.42 Å². The molecule has 2 N–H and O–H groups in total. The second-order valence-corrected chi connectivity index (χ2v) is 2.98. The second kappa shape index (κ2) is 5.50. The molecule has 0 atom stereocenters. The van der Waals surface area contributed by atoms with E-state index < -0.39 is 6.43 Å². The van der Waals surface area contributed by atoms with Crippen LogP contribution >= 0.6 is 0 Å². The smallest absolute Gasteiger partial charge is 0.242 e. The Bertz CT molecular complexity index is 308. The molecule has 1 rings (SSSR count). The van der Waals surface area contributed by atoms with E-state index in [4.69, 9.17) is 5.73 Å². The van der Waals surface area contributed by atoms with Crippen molar-refractivity contribution < 1.29 is 8.78 Å². The van der Waals surface area contributed by atoms with Crippen molar-refractivity contribution in [3.8, 4) is 0 Å². The molecule has 0 amide bonds. The SMILES string of the molecule is NC/C=C/c1cccc(CC(F)F)c1. The van der Waals surface area contributed by atoms with Crippen molar-refractivity contribution >= 4 is 6.08 Å². The highest BCUT2D eigenvalue weighted by atomic mass is 19.3. The predicted octanol–water partition coefficient (Wildman–Crippen LogP) is 2.47. The molecule has 0 aliphatic rings. The first-order valence-electron chi connectivity index (χ1n) is 4.46. The molecule has 0 aliphatic heterocycles. The zero-order valence-corrected chi connectivity index (χ0v) is 7.79. The van der Waals surface area contributed by atoms with Gasteiger partial charge in [-0.15, -0.1) is 0 Å². The minimum absolute atomic E-state index is 0.190. The van der Waals surface area contributed by atoms with Crippen molar-refractivity contribution in [2.24, 2.45) is 5.73 Å². The van der Waals surface area contributed by atoms with Crippen LogP contribution in [-0.2, 0) is 6.42 Å². The quantitative estimate of drug-likeness (QED) is 0.788. The molecule has 0 unspecified atom stereocenters. The van der Waals surface area contributed by atoms with Crippen LogP contribution in [0.4, 0.5) is 8.78 Å².